The van der Waals surface area contributed by atoms with Crippen molar-refractivity contribution in [3.8, 4) is 11.5 Å². The zero-order valence-electron chi connectivity index (χ0n) is 22.1. The van der Waals surface area contributed by atoms with Crippen molar-refractivity contribution in [1.82, 2.24) is 5.32 Å². The molecule has 7 nitrogen and oxygen atoms in total. The van der Waals surface area contributed by atoms with Crippen molar-refractivity contribution in [2.75, 3.05) is 13.7 Å². The minimum absolute atomic E-state index is 0.0549. The Morgan fingerprint density at radius 3 is 2.36 bits per heavy atom. The zero-order valence-corrected chi connectivity index (χ0v) is 23.1. The third-order valence-electron chi connectivity index (χ3n) is 7.17. The molecule has 1 aliphatic carbocycles. The van der Waals surface area contributed by atoms with Crippen molar-refractivity contribution in [2.24, 2.45) is 5.92 Å². The van der Waals surface area contributed by atoms with Gasteiger partial charge < -0.3 is 19.2 Å². The lowest BCUT2D eigenvalue weighted by molar-refractivity contribution is -0.151. The summed E-state index contributed by atoms with van der Waals surface area (Å²) in [6, 6.07) is 15.7. The molecular weight excluding hydrogens is 474 g/mol. The molecule has 2 atom stereocenters. The van der Waals surface area contributed by atoms with E-state index in [1.807, 2.05) is 36.4 Å². The fraction of sp³-hybridized carbons (Fsp3) is 0.464. The largest absolute Gasteiger partial charge is 0.463 e. The van der Waals surface area contributed by atoms with Gasteiger partial charge in [-0.05, 0) is 78.7 Å². The highest BCUT2D eigenvalue weighted by Gasteiger charge is 2.43. The lowest BCUT2D eigenvalue weighted by Crippen LogP contribution is -2.52. The molecule has 0 spiro atoms. The van der Waals surface area contributed by atoms with Crippen LogP contribution in [0.5, 0.6) is 11.5 Å². The van der Waals surface area contributed by atoms with Gasteiger partial charge in [-0.3, -0.25) is 9.59 Å². The average Bonchev–Trinajstić information content (AvgIpc) is 2.84. The molecule has 0 saturated heterocycles. The molecule has 2 unspecified atom stereocenters. The van der Waals surface area contributed by atoms with Gasteiger partial charge in [-0.15, -0.1) is 0 Å². The first kappa shape index (κ1) is 27.6. The molecule has 0 fully saturated rings. The number of carbonyl (C=O) groups is 3. The standard InChI is InChI=1S/C28H37NO6Si/c1-28(2,3)36(5,6)35-25(26(31)29-18-24(30)27(32)33-4)21-13-12-20-17-23(15-14-19(20)16-21)34-22-10-8-7-9-11-22/h7-11,14-15,17,21,25H,12-13,16,18H2,1-6H3,(H,29,31). The number of ketones is 1. The second-order valence-corrected chi connectivity index (χ2v) is 15.5. The predicted octanol–water partition coefficient (Wildman–Crippen LogP) is 4.83. The molecule has 2 aromatic carbocycles. The molecule has 1 amide bonds. The summed E-state index contributed by atoms with van der Waals surface area (Å²) in [4.78, 5) is 36.7. The van der Waals surface area contributed by atoms with Gasteiger partial charge in [0.05, 0.1) is 13.7 Å². The third kappa shape index (κ3) is 6.82. The summed E-state index contributed by atoms with van der Waals surface area (Å²) in [6.07, 6.45) is 1.51. The Bertz CT molecular complexity index is 1090. The second-order valence-electron chi connectivity index (χ2n) is 10.8. The van der Waals surface area contributed by atoms with Gasteiger partial charge in [0, 0.05) is 0 Å². The van der Waals surface area contributed by atoms with E-state index >= 15 is 0 Å². The van der Waals surface area contributed by atoms with E-state index in [2.05, 4.69) is 56.1 Å². The second kappa shape index (κ2) is 11.4. The molecule has 0 radical (unpaired) electrons. The normalized spacial score (nSPS) is 16.4. The molecule has 0 bridgehead atoms. The first-order valence-corrected chi connectivity index (χ1v) is 15.2. The molecule has 36 heavy (non-hydrogen) atoms. The number of nitrogens with one attached hydrogen (secondary N) is 1. The number of amides is 1. The number of aryl methyl sites for hydroxylation is 1. The monoisotopic (exact) mass is 511 g/mol. The Kier molecular flexibility index (Phi) is 8.74. The molecule has 8 heteroatoms. The Morgan fingerprint density at radius 2 is 1.72 bits per heavy atom. The number of carbonyl (C=O) groups excluding carboxylic acids is 3. The molecule has 194 valence electrons. The van der Waals surface area contributed by atoms with Crippen LogP contribution in [0.4, 0.5) is 0 Å². The summed E-state index contributed by atoms with van der Waals surface area (Å²) in [6.45, 7) is 10.2. The highest BCUT2D eigenvalue weighted by atomic mass is 28.4. The molecular formula is C28H37NO6Si. The fourth-order valence-corrected chi connectivity index (χ4v) is 5.31. The van der Waals surface area contributed by atoms with E-state index in [0.29, 0.717) is 6.42 Å². The van der Waals surface area contributed by atoms with E-state index in [0.717, 1.165) is 37.0 Å². The van der Waals surface area contributed by atoms with E-state index in [4.69, 9.17) is 9.16 Å². The maximum Gasteiger partial charge on any atom is 0.376 e. The third-order valence-corrected chi connectivity index (χ3v) is 11.6. The number of Topliss-reactive ketones (excluding diaryl/α,β-unsaturated/α-hetero) is 1. The average molecular weight is 512 g/mol. The fourth-order valence-electron chi connectivity index (χ4n) is 4.02. The molecule has 1 N–H and O–H groups in total. The predicted molar refractivity (Wildman–Crippen MR) is 141 cm³/mol. The van der Waals surface area contributed by atoms with Crippen molar-refractivity contribution in [3.63, 3.8) is 0 Å². The first-order chi connectivity index (χ1) is 16.9. The highest BCUT2D eigenvalue weighted by molar-refractivity contribution is 6.74. The lowest BCUT2D eigenvalue weighted by atomic mass is 9.80. The van der Waals surface area contributed by atoms with Gasteiger partial charge in [0.25, 0.3) is 5.78 Å². The Hall–Kier alpha value is -2.97. The van der Waals surface area contributed by atoms with Gasteiger partial charge in [0.15, 0.2) is 8.32 Å². The van der Waals surface area contributed by atoms with E-state index in [1.165, 1.54) is 5.56 Å². The van der Waals surface area contributed by atoms with E-state index in [1.54, 1.807) is 0 Å². The smallest absolute Gasteiger partial charge is 0.376 e. The number of hydrogen-bond donors (Lipinski definition) is 1. The number of hydrogen-bond acceptors (Lipinski definition) is 6. The summed E-state index contributed by atoms with van der Waals surface area (Å²) >= 11 is 0. The summed E-state index contributed by atoms with van der Waals surface area (Å²) < 4.78 is 17.1. The summed E-state index contributed by atoms with van der Waals surface area (Å²) in [5.74, 6) is -0.622. The van der Waals surface area contributed by atoms with Gasteiger partial charge in [-0.1, -0.05) is 45.0 Å². The summed E-state index contributed by atoms with van der Waals surface area (Å²) in [7, 11) is -1.16. The van der Waals surface area contributed by atoms with Gasteiger partial charge >= 0.3 is 5.97 Å². The van der Waals surface area contributed by atoms with Crippen molar-refractivity contribution < 1.29 is 28.3 Å². The molecule has 0 aromatic heterocycles. The van der Waals surface area contributed by atoms with Crippen LogP contribution in [0.3, 0.4) is 0 Å². The Morgan fingerprint density at radius 1 is 1.03 bits per heavy atom. The van der Waals surface area contributed by atoms with Crippen LogP contribution < -0.4 is 10.1 Å². The highest BCUT2D eigenvalue weighted by Crippen LogP contribution is 2.40. The lowest BCUT2D eigenvalue weighted by Gasteiger charge is -2.41. The van der Waals surface area contributed by atoms with Crippen molar-refractivity contribution in [3.05, 3.63) is 59.7 Å². The number of fused-ring (bicyclic) bond motifs is 1. The summed E-state index contributed by atoms with van der Waals surface area (Å²) in [5.41, 5.74) is 2.36. The molecule has 0 heterocycles. The Balaban J connectivity index is 1.78. The van der Waals surface area contributed by atoms with Gasteiger partial charge in [-0.2, -0.15) is 0 Å². The molecule has 2 aromatic rings. The maximum absolute atomic E-state index is 13.3. The number of para-hydroxylation sites is 1. The number of benzene rings is 2. The SMILES string of the molecule is COC(=O)C(=O)CNC(=O)C(O[Si](C)(C)C(C)(C)C)C1CCc2cc(Oc3ccccc3)ccc2C1. The van der Waals surface area contributed by atoms with Crippen LogP contribution in [0.1, 0.15) is 38.3 Å². The van der Waals surface area contributed by atoms with Crippen molar-refractivity contribution >= 4 is 26.0 Å². The Labute approximate surface area is 214 Å². The topological polar surface area (TPSA) is 90.9 Å². The molecule has 0 saturated carbocycles. The molecule has 1 aliphatic rings. The van der Waals surface area contributed by atoms with Crippen LogP contribution in [-0.2, 0) is 36.4 Å². The van der Waals surface area contributed by atoms with Crippen molar-refractivity contribution in [1.29, 1.82) is 0 Å². The minimum atomic E-state index is -2.30. The van der Waals surface area contributed by atoms with E-state index in [-0.39, 0.29) is 16.9 Å². The van der Waals surface area contributed by atoms with Crippen LogP contribution in [0.15, 0.2) is 48.5 Å². The van der Waals surface area contributed by atoms with Gasteiger partial charge in [0.2, 0.25) is 5.91 Å². The van der Waals surface area contributed by atoms with Crippen molar-refractivity contribution in [2.45, 2.75) is 64.3 Å². The number of rotatable bonds is 9. The van der Waals surface area contributed by atoms with Crippen LogP contribution >= 0.6 is 0 Å². The quantitative estimate of drug-likeness (QED) is 0.295. The summed E-state index contributed by atoms with van der Waals surface area (Å²) in [5, 5.41) is 2.52. The molecule has 3 rings (SSSR count). The van der Waals surface area contributed by atoms with Crippen LogP contribution in [0.2, 0.25) is 18.1 Å². The van der Waals surface area contributed by atoms with E-state index < -0.39 is 32.7 Å². The minimum Gasteiger partial charge on any atom is -0.463 e. The van der Waals surface area contributed by atoms with Gasteiger partial charge in [0.1, 0.15) is 17.6 Å². The van der Waals surface area contributed by atoms with E-state index in [9.17, 15) is 14.4 Å². The number of methoxy groups -OCH3 is 1. The maximum atomic E-state index is 13.3. The van der Waals surface area contributed by atoms with Gasteiger partial charge in [-0.25, -0.2) is 4.79 Å². The number of ether oxygens (including phenoxy) is 2. The zero-order chi connectivity index (χ0) is 26.5. The first-order valence-electron chi connectivity index (χ1n) is 12.3. The number of esters is 1. The van der Waals surface area contributed by atoms with Crippen LogP contribution in [0, 0.1) is 5.92 Å². The van der Waals surface area contributed by atoms with Crippen LogP contribution in [-0.4, -0.2) is 45.7 Å². The molecule has 0 aliphatic heterocycles. The van der Waals surface area contributed by atoms with Crippen LogP contribution in [0.25, 0.3) is 0 Å².